The molecule has 0 radical (unpaired) electrons. The average Bonchev–Trinajstić information content (AvgIpc) is 3.44. The van der Waals surface area contributed by atoms with E-state index >= 15 is 0 Å². The molecule has 0 atom stereocenters. The number of aliphatic imine (C=N–C) groups is 2. The molecule has 1 aliphatic rings. The van der Waals surface area contributed by atoms with Gasteiger partial charge in [-0.1, -0.05) is 55.3 Å². The van der Waals surface area contributed by atoms with E-state index in [4.69, 9.17) is 18.0 Å². The molecule has 0 spiro atoms. The molecular weight excluding hydrogens is 525 g/mol. The molecule has 202 valence electrons. The van der Waals surface area contributed by atoms with E-state index < -0.39 is 6.36 Å². The summed E-state index contributed by atoms with van der Waals surface area (Å²) in [4.78, 5) is 8.15. The van der Waals surface area contributed by atoms with Gasteiger partial charge in [0, 0.05) is 11.3 Å². The van der Waals surface area contributed by atoms with E-state index in [0.29, 0.717) is 22.3 Å². The van der Waals surface area contributed by atoms with Crippen LogP contribution in [-0.4, -0.2) is 29.9 Å². The van der Waals surface area contributed by atoms with E-state index in [0.717, 1.165) is 11.3 Å². The van der Waals surface area contributed by atoms with Crippen molar-refractivity contribution in [1.29, 1.82) is 0 Å². The number of ether oxygens (including phenoxy) is 1. The van der Waals surface area contributed by atoms with Crippen LogP contribution < -0.4 is 21.2 Å². The molecule has 0 aliphatic heterocycles. The molecule has 39 heavy (non-hydrogen) atoms. The zero-order valence-corrected chi connectivity index (χ0v) is 21.7. The number of halogens is 3. The maximum absolute atomic E-state index is 12.2. The SMILES string of the molecule is NC(=NC=Nc1ccc(OC(F)(F)F)cc1)c1ccc(/C=N\NC(=S)Nc2ccccc2C2CCCC2)cc1. The minimum Gasteiger partial charge on any atom is -0.406 e. The van der Waals surface area contributed by atoms with E-state index in [1.165, 1.54) is 61.9 Å². The highest BCUT2D eigenvalue weighted by Gasteiger charge is 2.30. The summed E-state index contributed by atoms with van der Waals surface area (Å²) >= 11 is 5.41. The fraction of sp³-hybridized carbons (Fsp3) is 0.214. The molecule has 0 bridgehead atoms. The summed E-state index contributed by atoms with van der Waals surface area (Å²) in [7, 11) is 0. The van der Waals surface area contributed by atoms with Crippen molar-refractivity contribution >= 4 is 47.1 Å². The van der Waals surface area contributed by atoms with Crippen molar-refractivity contribution in [1.82, 2.24) is 5.43 Å². The molecule has 4 rings (SSSR count). The van der Waals surface area contributed by atoms with E-state index in [2.05, 4.69) is 42.7 Å². The fourth-order valence-electron chi connectivity index (χ4n) is 4.23. The second kappa shape index (κ2) is 13.0. The standard InChI is InChI=1S/C28H27F3N6OS/c29-28(30,31)38-23-15-13-22(14-16-23)33-18-34-26(32)21-11-9-19(10-12-21)17-35-37-27(39)36-25-8-4-3-7-24(25)20-5-1-2-6-20/h3-4,7-18,20H,1-2,5-6H2,(H2,32,33,34)(H2,36,37,39)/b35-17-. The lowest BCUT2D eigenvalue weighted by atomic mass is 9.96. The van der Waals surface area contributed by atoms with Crippen LogP contribution in [0.25, 0.3) is 0 Å². The van der Waals surface area contributed by atoms with Crippen LogP contribution in [0.5, 0.6) is 5.75 Å². The number of amidine groups is 1. The summed E-state index contributed by atoms with van der Waals surface area (Å²) in [5, 5.41) is 7.88. The van der Waals surface area contributed by atoms with Crippen LogP contribution in [0.4, 0.5) is 24.5 Å². The van der Waals surface area contributed by atoms with E-state index in [9.17, 15) is 13.2 Å². The number of rotatable bonds is 8. The third-order valence-corrected chi connectivity index (χ3v) is 6.26. The Labute approximate surface area is 229 Å². The number of nitrogens with one attached hydrogen (secondary N) is 2. The van der Waals surface area contributed by atoms with Gasteiger partial charge in [0.15, 0.2) is 5.11 Å². The molecule has 1 aliphatic carbocycles. The van der Waals surface area contributed by atoms with Gasteiger partial charge in [0.1, 0.15) is 17.9 Å². The molecule has 0 saturated heterocycles. The molecule has 0 heterocycles. The quantitative estimate of drug-likeness (QED) is 0.126. The zero-order valence-electron chi connectivity index (χ0n) is 20.9. The van der Waals surface area contributed by atoms with Gasteiger partial charge < -0.3 is 15.8 Å². The lowest BCUT2D eigenvalue weighted by Crippen LogP contribution is -2.24. The molecule has 0 unspecified atom stereocenters. The Kier molecular flexibility index (Phi) is 9.27. The Morgan fingerprint density at radius 2 is 1.67 bits per heavy atom. The molecule has 0 amide bonds. The monoisotopic (exact) mass is 552 g/mol. The zero-order chi connectivity index (χ0) is 27.7. The van der Waals surface area contributed by atoms with Crippen LogP contribution in [0.1, 0.15) is 48.3 Å². The fourth-order valence-corrected chi connectivity index (χ4v) is 4.39. The molecule has 4 N–H and O–H groups in total. The predicted octanol–water partition coefficient (Wildman–Crippen LogP) is 6.63. The van der Waals surface area contributed by atoms with Crippen LogP contribution in [0.3, 0.4) is 0 Å². The molecule has 1 fully saturated rings. The van der Waals surface area contributed by atoms with Crippen molar-refractivity contribution in [2.24, 2.45) is 20.8 Å². The molecule has 1 saturated carbocycles. The van der Waals surface area contributed by atoms with Crippen LogP contribution in [0.2, 0.25) is 0 Å². The first kappa shape index (κ1) is 27.8. The van der Waals surface area contributed by atoms with Crippen molar-refractivity contribution in [2.75, 3.05) is 5.32 Å². The molecule has 0 aromatic heterocycles. The molecular formula is C28H27F3N6OS. The van der Waals surface area contributed by atoms with Gasteiger partial charge in [-0.2, -0.15) is 5.10 Å². The van der Waals surface area contributed by atoms with Gasteiger partial charge >= 0.3 is 6.36 Å². The summed E-state index contributed by atoms with van der Waals surface area (Å²) in [6.45, 7) is 0. The summed E-state index contributed by atoms with van der Waals surface area (Å²) in [5.41, 5.74) is 13.1. The Balaban J connectivity index is 1.28. The summed E-state index contributed by atoms with van der Waals surface area (Å²) < 4.78 is 40.6. The normalized spacial score (nSPS) is 14.7. The maximum Gasteiger partial charge on any atom is 0.573 e. The van der Waals surface area contributed by atoms with Gasteiger partial charge in [-0.3, -0.25) is 5.43 Å². The van der Waals surface area contributed by atoms with Gasteiger partial charge in [0.05, 0.1) is 11.9 Å². The van der Waals surface area contributed by atoms with Crippen molar-refractivity contribution in [2.45, 2.75) is 38.0 Å². The third kappa shape index (κ3) is 8.64. The Morgan fingerprint density at radius 3 is 2.36 bits per heavy atom. The van der Waals surface area contributed by atoms with Gasteiger partial charge in [0.25, 0.3) is 0 Å². The highest BCUT2D eigenvalue weighted by atomic mass is 32.1. The van der Waals surface area contributed by atoms with Crippen LogP contribution >= 0.6 is 12.2 Å². The Bertz CT molecular complexity index is 1350. The molecule has 7 nitrogen and oxygen atoms in total. The second-order valence-corrected chi connectivity index (χ2v) is 9.22. The third-order valence-electron chi connectivity index (χ3n) is 6.06. The largest absolute Gasteiger partial charge is 0.573 e. The molecule has 11 heteroatoms. The minimum atomic E-state index is -4.74. The smallest absolute Gasteiger partial charge is 0.406 e. The number of hydrogen-bond donors (Lipinski definition) is 3. The lowest BCUT2D eigenvalue weighted by molar-refractivity contribution is -0.274. The van der Waals surface area contributed by atoms with E-state index in [1.54, 1.807) is 18.3 Å². The first-order valence-electron chi connectivity index (χ1n) is 12.3. The number of nitrogens with zero attached hydrogens (tertiary/aromatic N) is 3. The van der Waals surface area contributed by atoms with Crippen molar-refractivity contribution < 1.29 is 17.9 Å². The van der Waals surface area contributed by atoms with Crippen molar-refractivity contribution in [3.05, 3.63) is 89.5 Å². The average molecular weight is 553 g/mol. The van der Waals surface area contributed by atoms with Gasteiger partial charge in [0.2, 0.25) is 0 Å². The number of benzene rings is 3. The Hall–Kier alpha value is -4.25. The summed E-state index contributed by atoms with van der Waals surface area (Å²) in [6.07, 6.45) is 3.05. The second-order valence-electron chi connectivity index (χ2n) is 8.82. The van der Waals surface area contributed by atoms with E-state index in [1.807, 2.05) is 24.3 Å². The minimum absolute atomic E-state index is 0.226. The summed E-state index contributed by atoms with van der Waals surface area (Å²) in [5.74, 6) is 0.462. The predicted molar refractivity (Wildman–Crippen MR) is 153 cm³/mol. The topological polar surface area (TPSA) is 96.4 Å². The maximum atomic E-state index is 12.2. The highest BCUT2D eigenvalue weighted by Crippen LogP contribution is 2.37. The number of anilines is 1. The number of alkyl halides is 3. The highest BCUT2D eigenvalue weighted by molar-refractivity contribution is 7.80. The van der Waals surface area contributed by atoms with Gasteiger partial charge in [-0.05, 0) is 72.4 Å². The van der Waals surface area contributed by atoms with Crippen molar-refractivity contribution in [3.63, 3.8) is 0 Å². The van der Waals surface area contributed by atoms with Gasteiger partial charge in [-0.15, -0.1) is 13.2 Å². The molecule has 3 aromatic carbocycles. The number of hydrogen-bond acceptors (Lipinski definition) is 4. The van der Waals surface area contributed by atoms with Crippen LogP contribution in [-0.2, 0) is 0 Å². The van der Waals surface area contributed by atoms with Gasteiger partial charge in [-0.25, -0.2) is 9.98 Å². The first-order valence-corrected chi connectivity index (χ1v) is 12.7. The van der Waals surface area contributed by atoms with E-state index in [-0.39, 0.29) is 11.6 Å². The van der Waals surface area contributed by atoms with Crippen LogP contribution in [0, 0.1) is 0 Å². The number of nitrogens with two attached hydrogens (primary N) is 1. The van der Waals surface area contributed by atoms with Crippen LogP contribution in [0.15, 0.2) is 87.9 Å². The molecule has 3 aromatic rings. The Morgan fingerprint density at radius 1 is 0.974 bits per heavy atom. The van der Waals surface area contributed by atoms with Crippen molar-refractivity contribution in [3.8, 4) is 5.75 Å². The number of thiocarbonyl (C=S) groups is 1. The lowest BCUT2D eigenvalue weighted by Gasteiger charge is -2.16. The number of hydrazone groups is 1. The summed E-state index contributed by atoms with van der Waals surface area (Å²) in [6, 6.07) is 20.5. The first-order chi connectivity index (χ1) is 18.8. The number of para-hydroxylation sites is 1.